The Morgan fingerprint density at radius 1 is 1.50 bits per heavy atom. The molecule has 1 aliphatic carbocycles. The lowest BCUT2D eigenvalue weighted by Gasteiger charge is -2.41. The molecule has 0 amide bonds. The third kappa shape index (κ3) is 3.99. The van der Waals surface area contributed by atoms with Crippen molar-refractivity contribution in [3.8, 4) is 0 Å². The smallest absolute Gasteiger partial charge is 0.330 e. The molecule has 2 heteroatoms. The van der Waals surface area contributed by atoms with E-state index in [2.05, 4.69) is 20.4 Å². The van der Waals surface area contributed by atoms with E-state index in [1.54, 1.807) is 0 Å². The Morgan fingerprint density at radius 3 is 2.62 bits per heavy atom. The highest BCUT2D eigenvalue weighted by Gasteiger charge is 2.37. The average molecular weight is 224 g/mol. The normalized spacial score (nSPS) is 17.9. The van der Waals surface area contributed by atoms with Crippen molar-refractivity contribution >= 4 is 5.97 Å². The van der Waals surface area contributed by atoms with E-state index < -0.39 is 0 Å². The van der Waals surface area contributed by atoms with E-state index in [4.69, 9.17) is 4.74 Å². The largest absolute Gasteiger partial charge is 0.462 e. The molecule has 16 heavy (non-hydrogen) atoms. The van der Waals surface area contributed by atoms with Crippen LogP contribution >= 0.6 is 0 Å². The molecule has 1 saturated carbocycles. The Kier molecular flexibility index (Phi) is 5.04. The molecular weight excluding hydrogens is 200 g/mol. The predicted octanol–water partition coefficient (Wildman–Crippen LogP) is 3.71. The molecule has 0 heterocycles. The third-order valence-corrected chi connectivity index (χ3v) is 3.59. The molecule has 1 fully saturated rings. The van der Waals surface area contributed by atoms with E-state index in [0.29, 0.717) is 12.0 Å². The van der Waals surface area contributed by atoms with Gasteiger partial charge in [0.25, 0.3) is 0 Å². The van der Waals surface area contributed by atoms with Gasteiger partial charge in [0.2, 0.25) is 0 Å². The van der Waals surface area contributed by atoms with Gasteiger partial charge in [-0.15, -0.1) is 0 Å². The maximum atomic E-state index is 11.0. The van der Waals surface area contributed by atoms with Gasteiger partial charge in [-0.3, -0.25) is 0 Å². The van der Waals surface area contributed by atoms with Gasteiger partial charge in [0.15, 0.2) is 0 Å². The molecule has 0 spiro atoms. The number of rotatable bonds is 7. The lowest BCUT2D eigenvalue weighted by Crippen LogP contribution is -2.35. The molecular formula is C14H24O2. The first-order valence-electron chi connectivity index (χ1n) is 6.37. The average Bonchev–Trinajstić information content (AvgIpc) is 2.19. The number of hydrogen-bond acceptors (Lipinski definition) is 2. The van der Waals surface area contributed by atoms with Crippen molar-refractivity contribution < 1.29 is 9.53 Å². The highest BCUT2D eigenvalue weighted by molar-refractivity contribution is 5.81. The summed E-state index contributed by atoms with van der Waals surface area (Å²) in [6.45, 7) is 8.52. The third-order valence-electron chi connectivity index (χ3n) is 3.59. The van der Waals surface area contributed by atoms with Crippen molar-refractivity contribution in [1.29, 1.82) is 0 Å². The second-order valence-corrected chi connectivity index (χ2v) is 5.45. The minimum absolute atomic E-state index is 0.282. The molecule has 0 saturated heterocycles. The molecule has 0 N–H and O–H groups in total. The summed E-state index contributed by atoms with van der Waals surface area (Å²) in [5.74, 6) is 0.489. The van der Waals surface area contributed by atoms with Gasteiger partial charge in [-0.1, -0.05) is 39.7 Å². The molecule has 1 rings (SSSR count). The zero-order valence-electron chi connectivity index (χ0n) is 10.6. The van der Waals surface area contributed by atoms with Crippen molar-refractivity contribution in [2.45, 2.75) is 52.4 Å². The standard InChI is InChI=1S/C14H24O2/c1-4-13(15)16-11-14(9-6-10-14)8-5-7-12(2)3/h4,12H,1,5-11H2,2-3H3. The minimum Gasteiger partial charge on any atom is -0.462 e. The fraction of sp³-hybridized carbons (Fsp3) is 0.786. The van der Waals surface area contributed by atoms with Crippen LogP contribution in [0.25, 0.3) is 0 Å². The highest BCUT2D eigenvalue weighted by Crippen LogP contribution is 2.45. The molecule has 0 aliphatic heterocycles. The van der Waals surface area contributed by atoms with Gasteiger partial charge in [-0.2, -0.15) is 0 Å². The van der Waals surface area contributed by atoms with E-state index >= 15 is 0 Å². The van der Waals surface area contributed by atoms with E-state index in [0.717, 1.165) is 5.92 Å². The SMILES string of the molecule is C=CC(=O)OCC1(CCCC(C)C)CCC1. The Labute approximate surface area is 99.1 Å². The zero-order chi connectivity index (χ0) is 12.0. The van der Waals surface area contributed by atoms with Crippen LogP contribution in [0.5, 0.6) is 0 Å². The summed E-state index contributed by atoms with van der Waals surface area (Å²) in [6, 6.07) is 0. The lowest BCUT2D eigenvalue weighted by molar-refractivity contribution is -0.144. The van der Waals surface area contributed by atoms with Crippen LogP contribution in [0.2, 0.25) is 0 Å². The summed E-state index contributed by atoms with van der Waals surface area (Å²) >= 11 is 0. The zero-order valence-corrected chi connectivity index (χ0v) is 10.6. The van der Waals surface area contributed by atoms with E-state index in [1.165, 1.54) is 44.6 Å². The second kappa shape index (κ2) is 6.07. The number of esters is 1. The Balaban J connectivity index is 2.27. The number of carbonyl (C=O) groups is 1. The lowest BCUT2D eigenvalue weighted by atomic mass is 9.66. The summed E-state index contributed by atoms with van der Waals surface area (Å²) in [6.07, 6.45) is 8.70. The quantitative estimate of drug-likeness (QED) is 0.486. The fourth-order valence-electron chi connectivity index (χ4n) is 2.31. The van der Waals surface area contributed by atoms with Gasteiger partial charge in [-0.25, -0.2) is 4.79 Å². The van der Waals surface area contributed by atoms with Crippen molar-refractivity contribution in [3.05, 3.63) is 12.7 Å². The van der Waals surface area contributed by atoms with Crippen LogP contribution in [-0.2, 0) is 9.53 Å². The van der Waals surface area contributed by atoms with Crippen molar-refractivity contribution in [3.63, 3.8) is 0 Å². The molecule has 0 atom stereocenters. The molecule has 0 unspecified atom stereocenters. The summed E-state index contributed by atoms with van der Waals surface area (Å²) in [5, 5.41) is 0. The van der Waals surface area contributed by atoms with Crippen molar-refractivity contribution in [2.24, 2.45) is 11.3 Å². The van der Waals surface area contributed by atoms with Gasteiger partial charge < -0.3 is 4.74 Å². The molecule has 2 nitrogen and oxygen atoms in total. The highest BCUT2D eigenvalue weighted by atomic mass is 16.5. The van der Waals surface area contributed by atoms with Gasteiger partial charge in [0.05, 0.1) is 6.61 Å². The Bertz CT molecular complexity index is 239. The Hall–Kier alpha value is -0.790. The van der Waals surface area contributed by atoms with E-state index in [-0.39, 0.29) is 5.97 Å². The van der Waals surface area contributed by atoms with Crippen LogP contribution < -0.4 is 0 Å². The summed E-state index contributed by atoms with van der Waals surface area (Å²) in [4.78, 5) is 11.0. The van der Waals surface area contributed by atoms with Crippen LogP contribution in [0, 0.1) is 11.3 Å². The second-order valence-electron chi connectivity index (χ2n) is 5.45. The van der Waals surface area contributed by atoms with Crippen LogP contribution in [0.3, 0.4) is 0 Å². The monoisotopic (exact) mass is 224 g/mol. The first kappa shape index (κ1) is 13.3. The molecule has 0 aromatic rings. The number of hydrogen-bond donors (Lipinski definition) is 0. The molecule has 0 aromatic heterocycles. The summed E-state index contributed by atoms with van der Waals surface area (Å²) in [5.41, 5.74) is 0.299. The molecule has 0 aromatic carbocycles. The van der Waals surface area contributed by atoms with Crippen LogP contribution in [0.4, 0.5) is 0 Å². The number of ether oxygens (including phenoxy) is 1. The Morgan fingerprint density at radius 2 is 2.19 bits per heavy atom. The first-order valence-corrected chi connectivity index (χ1v) is 6.37. The van der Waals surface area contributed by atoms with E-state index in [9.17, 15) is 4.79 Å². The van der Waals surface area contributed by atoms with Gasteiger partial charge >= 0.3 is 5.97 Å². The molecule has 1 aliphatic rings. The van der Waals surface area contributed by atoms with Crippen molar-refractivity contribution in [2.75, 3.05) is 6.61 Å². The van der Waals surface area contributed by atoms with Gasteiger partial charge in [0, 0.05) is 11.5 Å². The topological polar surface area (TPSA) is 26.3 Å². The van der Waals surface area contributed by atoms with Gasteiger partial charge in [0.1, 0.15) is 0 Å². The first-order chi connectivity index (χ1) is 7.58. The van der Waals surface area contributed by atoms with Gasteiger partial charge in [-0.05, 0) is 25.2 Å². The number of carbonyl (C=O) groups excluding carboxylic acids is 1. The maximum absolute atomic E-state index is 11.0. The maximum Gasteiger partial charge on any atom is 0.330 e. The predicted molar refractivity (Wildman–Crippen MR) is 66.1 cm³/mol. The summed E-state index contributed by atoms with van der Waals surface area (Å²) < 4.78 is 5.20. The molecule has 0 bridgehead atoms. The minimum atomic E-state index is -0.282. The van der Waals surface area contributed by atoms with Crippen LogP contribution in [0.15, 0.2) is 12.7 Å². The fourth-order valence-corrected chi connectivity index (χ4v) is 2.31. The van der Waals surface area contributed by atoms with Crippen LogP contribution in [0.1, 0.15) is 52.4 Å². The van der Waals surface area contributed by atoms with Crippen LogP contribution in [-0.4, -0.2) is 12.6 Å². The van der Waals surface area contributed by atoms with E-state index in [1.807, 2.05) is 0 Å². The van der Waals surface area contributed by atoms with Crippen molar-refractivity contribution in [1.82, 2.24) is 0 Å². The molecule has 0 radical (unpaired) electrons. The molecule has 92 valence electrons. The summed E-state index contributed by atoms with van der Waals surface area (Å²) in [7, 11) is 0.